The first-order valence-corrected chi connectivity index (χ1v) is 4.05. The van der Waals surface area contributed by atoms with Gasteiger partial charge >= 0.3 is 0 Å². The van der Waals surface area contributed by atoms with Gasteiger partial charge in [-0.25, -0.2) is 4.98 Å². The van der Waals surface area contributed by atoms with Gasteiger partial charge in [0.2, 0.25) is 0 Å². The molecule has 0 bridgehead atoms. The number of aromatic nitrogens is 1. The fraction of sp³-hybridized carbons (Fsp3) is 0.286. The fourth-order valence-electron chi connectivity index (χ4n) is 0.710. The van der Waals surface area contributed by atoms with Crippen molar-refractivity contribution < 1.29 is 8.78 Å². The average Bonchev–Trinajstić information content (AvgIpc) is 2.05. The van der Waals surface area contributed by atoms with Crippen molar-refractivity contribution in [2.75, 3.05) is 6.54 Å². The summed E-state index contributed by atoms with van der Waals surface area (Å²) >= 11 is 3.05. The van der Waals surface area contributed by atoms with Crippen LogP contribution in [0.15, 0.2) is 22.9 Å². The van der Waals surface area contributed by atoms with Crippen LogP contribution in [0.5, 0.6) is 0 Å². The molecule has 0 aromatic carbocycles. The Kier molecular flexibility index (Phi) is 2.74. The molecule has 0 aliphatic carbocycles. The molecule has 0 atom stereocenters. The van der Waals surface area contributed by atoms with Crippen molar-refractivity contribution in [3.63, 3.8) is 0 Å². The molecule has 0 aliphatic rings. The van der Waals surface area contributed by atoms with Gasteiger partial charge in [-0.05, 0) is 28.1 Å². The van der Waals surface area contributed by atoms with Crippen molar-refractivity contribution >= 4 is 15.9 Å². The van der Waals surface area contributed by atoms with E-state index in [2.05, 4.69) is 20.9 Å². The van der Waals surface area contributed by atoms with Crippen molar-refractivity contribution in [3.8, 4) is 0 Å². The summed E-state index contributed by atoms with van der Waals surface area (Å²) < 4.78 is 26.2. The summed E-state index contributed by atoms with van der Waals surface area (Å²) in [6, 6.07) is 2.75. The molecule has 0 saturated heterocycles. The van der Waals surface area contributed by atoms with Gasteiger partial charge in [-0.2, -0.15) is 8.78 Å². The van der Waals surface area contributed by atoms with Crippen molar-refractivity contribution in [1.29, 1.82) is 0 Å². The van der Waals surface area contributed by atoms with Gasteiger partial charge < -0.3 is 5.73 Å². The van der Waals surface area contributed by atoms with Gasteiger partial charge in [0.05, 0.1) is 6.54 Å². The highest BCUT2D eigenvalue weighted by Gasteiger charge is 2.29. The Morgan fingerprint density at radius 2 is 2.17 bits per heavy atom. The van der Waals surface area contributed by atoms with Crippen LogP contribution < -0.4 is 5.73 Å². The highest BCUT2D eigenvalue weighted by atomic mass is 79.9. The third-order valence-electron chi connectivity index (χ3n) is 1.41. The van der Waals surface area contributed by atoms with E-state index in [1.165, 1.54) is 12.1 Å². The van der Waals surface area contributed by atoms with Gasteiger partial charge in [-0.1, -0.05) is 0 Å². The van der Waals surface area contributed by atoms with Crippen molar-refractivity contribution in [2.45, 2.75) is 5.92 Å². The lowest BCUT2D eigenvalue weighted by Crippen LogP contribution is -2.25. The zero-order valence-corrected chi connectivity index (χ0v) is 7.68. The molecule has 0 unspecified atom stereocenters. The highest BCUT2D eigenvalue weighted by Crippen LogP contribution is 2.26. The largest absolute Gasteiger partial charge is 0.325 e. The number of pyridine rings is 1. The minimum Gasteiger partial charge on any atom is -0.325 e. The molecule has 0 amide bonds. The van der Waals surface area contributed by atoms with Crippen LogP contribution in [-0.4, -0.2) is 11.5 Å². The van der Waals surface area contributed by atoms with E-state index < -0.39 is 12.5 Å². The standard InChI is InChI=1S/C7H7BrF2N2/c8-6-2-1-5(3-12-6)7(9,10)4-11/h1-3H,4,11H2. The second-order valence-corrected chi connectivity index (χ2v) is 3.09. The molecule has 0 fully saturated rings. The SMILES string of the molecule is NCC(F)(F)c1ccc(Br)nc1. The molecule has 0 spiro atoms. The summed E-state index contributed by atoms with van der Waals surface area (Å²) in [6.07, 6.45) is 1.11. The summed E-state index contributed by atoms with van der Waals surface area (Å²) in [5, 5.41) is 0. The highest BCUT2D eigenvalue weighted by molar-refractivity contribution is 9.10. The molecule has 0 saturated carbocycles. The monoisotopic (exact) mass is 236 g/mol. The molecular weight excluding hydrogens is 230 g/mol. The van der Waals surface area contributed by atoms with Crippen LogP contribution in [-0.2, 0) is 5.92 Å². The molecule has 1 rings (SSSR count). The average molecular weight is 237 g/mol. The third kappa shape index (κ3) is 1.98. The zero-order chi connectivity index (χ0) is 9.19. The summed E-state index contributed by atoms with van der Waals surface area (Å²) in [5.74, 6) is -2.98. The first-order valence-electron chi connectivity index (χ1n) is 3.26. The minimum absolute atomic E-state index is 0.159. The van der Waals surface area contributed by atoms with Crippen molar-refractivity contribution in [3.05, 3.63) is 28.5 Å². The Labute approximate surface area is 76.9 Å². The topological polar surface area (TPSA) is 38.9 Å². The van der Waals surface area contributed by atoms with E-state index in [1.54, 1.807) is 0 Å². The second-order valence-electron chi connectivity index (χ2n) is 2.28. The third-order valence-corrected chi connectivity index (χ3v) is 1.88. The molecule has 1 aromatic rings. The lowest BCUT2D eigenvalue weighted by molar-refractivity contribution is 0.00559. The number of nitrogens with two attached hydrogens (primary N) is 1. The number of hydrogen-bond donors (Lipinski definition) is 1. The molecule has 1 aromatic heterocycles. The van der Waals surface area contributed by atoms with Crippen LogP contribution in [0.2, 0.25) is 0 Å². The molecular formula is C7H7BrF2N2. The van der Waals surface area contributed by atoms with Gasteiger partial charge in [0, 0.05) is 11.8 Å². The van der Waals surface area contributed by atoms with Crippen molar-refractivity contribution in [2.24, 2.45) is 5.73 Å². The maximum Gasteiger partial charge on any atom is 0.286 e. The van der Waals surface area contributed by atoms with E-state index in [4.69, 9.17) is 5.73 Å². The number of nitrogens with zero attached hydrogens (tertiary/aromatic N) is 1. The maximum absolute atomic E-state index is 12.8. The number of rotatable bonds is 2. The predicted molar refractivity (Wildman–Crippen MR) is 44.9 cm³/mol. The Morgan fingerprint density at radius 3 is 2.58 bits per heavy atom. The summed E-state index contributed by atoms with van der Waals surface area (Å²) in [6.45, 7) is -0.698. The van der Waals surface area contributed by atoms with Gasteiger partial charge in [-0.15, -0.1) is 0 Å². The maximum atomic E-state index is 12.8. The van der Waals surface area contributed by atoms with E-state index in [1.807, 2.05) is 0 Å². The lowest BCUT2D eigenvalue weighted by Gasteiger charge is -2.12. The van der Waals surface area contributed by atoms with Crippen LogP contribution in [0.3, 0.4) is 0 Å². The van der Waals surface area contributed by atoms with E-state index in [0.29, 0.717) is 4.60 Å². The zero-order valence-electron chi connectivity index (χ0n) is 6.10. The van der Waals surface area contributed by atoms with Gasteiger partial charge in [-0.3, -0.25) is 0 Å². The predicted octanol–water partition coefficient (Wildman–Crippen LogP) is 1.89. The summed E-state index contributed by atoms with van der Waals surface area (Å²) in [4.78, 5) is 3.67. The van der Waals surface area contributed by atoms with Gasteiger partial charge in [0.15, 0.2) is 0 Å². The second kappa shape index (κ2) is 3.45. The number of alkyl halides is 2. The van der Waals surface area contributed by atoms with Crippen LogP contribution in [0.25, 0.3) is 0 Å². The summed E-state index contributed by atoms with van der Waals surface area (Å²) in [7, 11) is 0. The van der Waals surface area contributed by atoms with Crippen molar-refractivity contribution in [1.82, 2.24) is 4.98 Å². The Balaban J connectivity index is 2.96. The normalized spacial score (nSPS) is 11.7. The molecule has 0 aliphatic heterocycles. The fourth-order valence-corrected chi connectivity index (χ4v) is 0.945. The van der Waals surface area contributed by atoms with Crippen LogP contribution in [0.1, 0.15) is 5.56 Å². The van der Waals surface area contributed by atoms with Gasteiger partial charge in [0.1, 0.15) is 4.60 Å². The van der Waals surface area contributed by atoms with Gasteiger partial charge in [0.25, 0.3) is 5.92 Å². The molecule has 1 heterocycles. The van der Waals surface area contributed by atoms with E-state index in [-0.39, 0.29) is 5.56 Å². The lowest BCUT2D eigenvalue weighted by atomic mass is 10.1. The van der Waals surface area contributed by atoms with Crippen LogP contribution in [0.4, 0.5) is 8.78 Å². The number of halogens is 3. The molecule has 66 valence electrons. The smallest absolute Gasteiger partial charge is 0.286 e. The van der Waals surface area contributed by atoms with Crippen LogP contribution >= 0.6 is 15.9 Å². The number of hydrogen-bond acceptors (Lipinski definition) is 2. The molecule has 0 radical (unpaired) electrons. The molecule has 12 heavy (non-hydrogen) atoms. The van der Waals surface area contributed by atoms with E-state index in [0.717, 1.165) is 6.20 Å². The Hall–Kier alpha value is -0.550. The Morgan fingerprint density at radius 1 is 1.50 bits per heavy atom. The first-order chi connectivity index (χ1) is 5.56. The molecule has 2 nitrogen and oxygen atoms in total. The minimum atomic E-state index is -2.98. The van der Waals surface area contributed by atoms with E-state index in [9.17, 15) is 8.78 Å². The quantitative estimate of drug-likeness (QED) is 0.797. The first kappa shape index (κ1) is 9.54. The molecule has 5 heteroatoms. The summed E-state index contributed by atoms with van der Waals surface area (Å²) in [5.41, 5.74) is 4.73. The molecule has 2 N–H and O–H groups in total. The Bertz CT molecular complexity index is 261. The van der Waals surface area contributed by atoms with Crippen LogP contribution in [0, 0.1) is 0 Å². The van der Waals surface area contributed by atoms with E-state index >= 15 is 0 Å².